The van der Waals surface area contributed by atoms with Gasteiger partial charge in [-0.3, -0.25) is 4.57 Å². The summed E-state index contributed by atoms with van der Waals surface area (Å²) in [5, 5.41) is 16.7. The van der Waals surface area contributed by atoms with E-state index >= 15 is 0 Å². The average Bonchev–Trinajstić information content (AvgIpc) is 2.31. The first-order chi connectivity index (χ1) is 8.05. The molecular formula is C11H19N2O3P. The molecule has 0 amide bonds. The number of unbranched alkanes of at least 4 members (excludes halogenated alkanes) is 1. The Morgan fingerprint density at radius 2 is 1.59 bits per heavy atom. The minimum atomic E-state index is -3.71. The lowest BCUT2D eigenvalue weighted by molar-refractivity contribution is 0.208. The molecule has 5 nitrogen and oxygen atoms in total. The molecule has 0 aliphatic heterocycles. The van der Waals surface area contributed by atoms with E-state index in [4.69, 9.17) is 9.05 Å². The molecule has 6 heteroatoms. The van der Waals surface area contributed by atoms with E-state index in [1.165, 1.54) is 0 Å². The fourth-order valence-electron chi connectivity index (χ4n) is 1.43. The van der Waals surface area contributed by atoms with Crippen LogP contribution in [-0.4, -0.2) is 18.4 Å². The molecule has 0 unspecified atom stereocenters. The van der Waals surface area contributed by atoms with E-state index in [0.29, 0.717) is 6.42 Å². The molecule has 0 spiro atoms. The highest BCUT2D eigenvalue weighted by atomic mass is 31.2. The fraction of sp³-hybridized carbons (Fsp3) is 0.818. The van der Waals surface area contributed by atoms with Crippen molar-refractivity contribution in [3.63, 3.8) is 0 Å². The zero-order valence-electron chi connectivity index (χ0n) is 10.6. The molecule has 0 bridgehead atoms. The SMILES string of the molecule is CCCCC(C#N)(C#N)P(=O)(OCC)OCC. The summed E-state index contributed by atoms with van der Waals surface area (Å²) in [6.07, 6.45) is 1.64. The summed E-state index contributed by atoms with van der Waals surface area (Å²) in [5.74, 6) is 0. The molecule has 0 aliphatic carbocycles. The maximum absolute atomic E-state index is 12.5. The summed E-state index contributed by atoms with van der Waals surface area (Å²) in [6, 6.07) is 3.67. The van der Waals surface area contributed by atoms with Crippen molar-refractivity contribution in [2.45, 2.75) is 45.2 Å². The van der Waals surface area contributed by atoms with Crippen molar-refractivity contribution in [3.05, 3.63) is 0 Å². The van der Waals surface area contributed by atoms with Crippen molar-refractivity contribution >= 4 is 7.60 Å². The van der Waals surface area contributed by atoms with Crippen molar-refractivity contribution < 1.29 is 13.6 Å². The molecule has 0 radical (unpaired) electrons. The average molecular weight is 258 g/mol. The standard InChI is InChI=1S/C11H19N2O3P/c1-4-7-8-11(9-12,10-13)17(14,15-5-2)16-6-3/h4-8H2,1-3H3. The molecule has 0 aromatic carbocycles. The van der Waals surface area contributed by atoms with Gasteiger partial charge in [0.15, 0.2) is 0 Å². The highest BCUT2D eigenvalue weighted by Gasteiger charge is 2.52. The smallest absolute Gasteiger partial charge is 0.307 e. The monoisotopic (exact) mass is 258 g/mol. The van der Waals surface area contributed by atoms with Gasteiger partial charge < -0.3 is 9.05 Å². The number of hydrogen-bond acceptors (Lipinski definition) is 5. The molecule has 0 N–H and O–H groups in total. The Kier molecular flexibility index (Phi) is 7.07. The van der Waals surface area contributed by atoms with Crippen LogP contribution in [0.4, 0.5) is 0 Å². The molecule has 0 saturated carbocycles. The Bertz CT molecular complexity index is 333. The molecule has 0 atom stereocenters. The van der Waals surface area contributed by atoms with Gasteiger partial charge in [-0.25, -0.2) is 0 Å². The van der Waals surface area contributed by atoms with Crippen LogP contribution in [0.25, 0.3) is 0 Å². The highest BCUT2D eigenvalue weighted by molar-refractivity contribution is 7.56. The maximum atomic E-state index is 12.5. The molecule has 0 aromatic heterocycles. The van der Waals surface area contributed by atoms with Gasteiger partial charge >= 0.3 is 7.60 Å². The van der Waals surface area contributed by atoms with Crippen LogP contribution in [0.15, 0.2) is 0 Å². The normalized spacial score (nSPS) is 11.8. The van der Waals surface area contributed by atoms with Crippen LogP contribution in [0, 0.1) is 22.7 Å². The summed E-state index contributed by atoms with van der Waals surface area (Å²) >= 11 is 0. The van der Waals surface area contributed by atoms with Crippen molar-refractivity contribution in [2.24, 2.45) is 0 Å². The van der Waals surface area contributed by atoms with E-state index in [1.807, 2.05) is 19.1 Å². The second-order valence-electron chi connectivity index (χ2n) is 3.52. The molecule has 0 aliphatic rings. The van der Waals surface area contributed by atoms with E-state index in [9.17, 15) is 15.1 Å². The van der Waals surface area contributed by atoms with Crippen LogP contribution in [0.2, 0.25) is 0 Å². The maximum Gasteiger partial charge on any atom is 0.365 e. The van der Waals surface area contributed by atoms with E-state index < -0.39 is 12.8 Å². The molecule has 0 aromatic rings. The van der Waals surface area contributed by atoms with E-state index in [-0.39, 0.29) is 19.6 Å². The van der Waals surface area contributed by atoms with Crippen LogP contribution in [0.5, 0.6) is 0 Å². The third-order valence-corrected chi connectivity index (χ3v) is 4.88. The lowest BCUT2D eigenvalue weighted by Crippen LogP contribution is -2.27. The van der Waals surface area contributed by atoms with Crippen LogP contribution in [0.1, 0.15) is 40.0 Å². The summed E-state index contributed by atoms with van der Waals surface area (Å²) < 4.78 is 22.7. The molecular weight excluding hydrogens is 239 g/mol. The van der Waals surface area contributed by atoms with E-state index in [0.717, 1.165) is 6.42 Å². The minimum Gasteiger partial charge on any atom is -0.307 e. The quantitative estimate of drug-likeness (QED) is 0.624. The van der Waals surface area contributed by atoms with E-state index in [1.54, 1.807) is 13.8 Å². The molecule has 17 heavy (non-hydrogen) atoms. The largest absolute Gasteiger partial charge is 0.365 e. The predicted octanol–water partition coefficient (Wildman–Crippen LogP) is 3.23. The minimum absolute atomic E-state index is 0.147. The zero-order valence-corrected chi connectivity index (χ0v) is 11.5. The molecule has 0 fully saturated rings. The third kappa shape index (κ3) is 3.54. The Hall–Kier alpha value is -0.870. The molecule has 96 valence electrons. The Morgan fingerprint density at radius 3 is 1.88 bits per heavy atom. The molecule has 0 heterocycles. The van der Waals surface area contributed by atoms with Crippen molar-refractivity contribution in [3.8, 4) is 12.1 Å². The van der Waals surface area contributed by atoms with Crippen LogP contribution in [-0.2, 0) is 13.6 Å². The van der Waals surface area contributed by atoms with Gasteiger partial charge in [-0.05, 0) is 20.3 Å². The van der Waals surface area contributed by atoms with Crippen molar-refractivity contribution in [1.29, 1.82) is 10.5 Å². The predicted molar refractivity (Wildman–Crippen MR) is 64.3 cm³/mol. The molecule has 0 saturated heterocycles. The van der Waals surface area contributed by atoms with Crippen molar-refractivity contribution in [2.75, 3.05) is 13.2 Å². The number of hydrogen-bond donors (Lipinski definition) is 0. The second kappa shape index (κ2) is 7.45. The summed E-state index contributed by atoms with van der Waals surface area (Å²) in [6.45, 7) is 5.55. The first-order valence-electron chi connectivity index (χ1n) is 5.77. The van der Waals surface area contributed by atoms with Gasteiger partial charge in [0.05, 0.1) is 25.4 Å². The second-order valence-corrected chi connectivity index (χ2v) is 5.80. The van der Waals surface area contributed by atoms with Gasteiger partial charge in [0, 0.05) is 0 Å². The van der Waals surface area contributed by atoms with Gasteiger partial charge in [-0.1, -0.05) is 19.8 Å². The summed E-state index contributed by atoms with van der Waals surface area (Å²) in [7, 11) is -3.71. The Labute approximate surface area is 103 Å². The third-order valence-electron chi connectivity index (χ3n) is 2.33. The molecule has 0 rings (SSSR count). The Morgan fingerprint density at radius 1 is 1.12 bits per heavy atom. The summed E-state index contributed by atoms with van der Waals surface area (Å²) in [4.78, 5) is 0. The van der Waals surface area contributed by atoms with E-state index in [2.05, 4.69) is 0 Å². The number of nitrogens with zero attached hydrogens (tertiary/aromatic N) is 2. The first kappa shape index (κ1) is 16.1. The fourth-order valence-corrected chi connectivity index (χ4v) is 3.30. The number of nitriles is 2. The van der Waals surface area contributed by atoms with Crippen LogP contribution >= 0.6 is 7.60 Å². The lowest BCUT2D eigenvalue weighted by Gasteiger charge is -2.27. The lowest BCUT2D eigenvalue weighted by atomic mass is 10.0. The highest BCUT2D eigenvalue weighted by Crippen LogP contribution is 2.61. The van der Waals surface area contributed by atoms with Gasteiger partial charge in [-0.2, -0.15) is 10.5 Å². The zero-order chi connectivity index (χ0) is 13.4. The van der Waals surface area contributed by atoms with Gasteiger partial charge in [0.2, 0.25) is 5.16 Å². The van der Waals surface area contributed by atoms with Crippen LogP contribution in [0.3, 0.4) is 0 Å². The Balaban J connectivity index is 5.32. The van der Waals surface area contributed by atoms with Gasteiger partial charge in [0.1, 0.15) is 0 Å². The first-order valence-corrected chi connectivity index (χ1v) is 7.31. The van der Waals surface area contributed by atoms with Crippen molar-refractivity contribution in [1.82, 2.24) is 0 Å². The van der Waals surface area contributed by atoms with Crippen LogP contribution < -0.4 is 0 Å². The van der Waals surface area contributed by atoms with Gasteiger partial charge in [-0.15, -0.1) is 0 Å². The number of rotatable bonds is 8. The summed E-state index contributed by atoms with van der Waals surface area (Å²) in [5.41, 5.74) is 0. The topological polar surface area (TPSA) is 83.1 Å². The van der Waals surface area contributed by atoms with Gasteiger partial charge in [0.25, 0.3) is 0 Å².